The summed E-state index contributed by atoms with van der Waals surface area (Å²) in [6, 6.07) is -0.540. The minimum Gasteiger partial charge on any atom is -0.478 e. The van der Waals surface area contributed by atoms with Gasteiger partial charge in [-0.25, -0.2) is 9.59 Å². The molecule has 0 aromatic carbocycles. The molecule has 94 valence electrons. The SMILES string of the molecule is CN1C=C(C(=O)O)C(C2CCCCC2)NC1=O. The smallest absolute Gasteiger partial charge is 0.335 e. The average molecular weight is 238 g/mol. The summed E-state index contributed by atoms with van der Waals surface area (Å²) in [6.45, 7) is 0. The van der Waals surface area contributed by atoms with Crippen molar-refractivity contribution in [3.05, 3.63) is 11.8 Å². The van der Waals surface area contributed by atoms with Gasteiger partial charge in [-0.3, -0.25) is 0 Å². The van der Waals surface area contributed by atoms with Crippen LogP contribution in [0.4, 0.5) is 4.79 Å². The molecule has 0 radical (unpaired) electrons. The van der Waals surface area contributed by atoms with Crippen molar-refractivity contribution in [2.45, 2.75) is 38.1 Å². The minimum absolute atomic E-state index is 0.217. The second-order valence-corrected chi connectivity index (χ2v) is 4.83. The van der Waals surface area contributed by atoms with Crippen LogP contribution in [-0.2, 0) is 4.79 Å². The molecule has 5 nitrogen and oxygen atoms in total. The number of urea groups is 1. The van der Waals surface area contributed by atoms with Crippen molar-refractivity contribution in [3.8, 4) is 0 Å². The molecular formula is C12H18N2O3. The van der Waals surface area contributed by atoms with Crippen molar-refractivity contribution >= 4 is 12.0 Å². The van der Waals surface area contributed by atoms with Gasteiger partial charge in [0.2, 0.25) is 0 Å². The van der Waals surface area contributed by atoms with E-state index in [1.54, 1.807) is 7.05 Å². The molecule has 1 heterocycles. The molecule has 1 aliphatic carbocycles. The lowest BCUT2D eigenvalue weighted by molar-refractivity contribution is -0.133. The average Bonchev–Trinajstić information content (AvgIpc) is 2.33. The number of carbonyl (C=O) groups is 2. The van der Waals surface area contributed by atoms with Gasteiger partial charge >= 0.3 is 12.0 Å². The highest BCUT2D eigenvalue weighted by Gasteiger charge is 2.35. The summed E-state index contributed by atoms with van der Waals surface area (Å²) >= 11 is 0. The van der Waals surface area contributed by atoms with Crippen LogP contribution >= 0.6 is 0 Å². The largest absolute Gasteiger partial charge is 0.478 e. The molecule has 0 aromatic heterocycles. The van der Waals surface area contributed by atoms with E-state index in [2.05, 4.69) is 5.32 Å². The van der Waals surface area contributed by atoms with E-state index in [1.165, 1.54) is 17.5 Å². The molecule has 0 aromatic rings. The fraction of sp³-hybridized carbons (Fsp3) is 0.667. The predicted octanol–water partition coefficient (Wildman–Crippen LogP) is 1.56. The summed E-state index contributed by atoms with van der Waals surface area (Å²) in [4.78, 5) is 24.1. The Morgan fingerprint density at radius 2 is 2.06 bits per heavy atom. The third kappa shape index (κ3) is 2.43. The van der Waals surface area contributed by atoms with Crippen molar-refractivity contribution in [2.24, 2.45) is 5.92 Å². The molecule has 1 fully saturated rings. The summed E-state index contributed by atoms with van der Waals surface area (Å²) in [5, 5.41) is 12.0. The molecule has 1 atom stereocenters. The maximum Gasteiger partial charge on any atom is 0.335 e. The molecule has 2 rings (SSSR count). The topological polar surface area (TPSA) is 69.6 Å². The van der Waals surface area contributed by atoms with E-state index < -0.39 is 5.97 Å². The van der Waals surface area contributed by atoms with Crippen LogP contribution in [0.1, 0.15) is 32.1 Å². The summed E-state index contributed by atoms with van der Waals surface area (Å²) in [7, 11) is 1.56. The Hall–Kier alpha value is -1.52. The molecule has 1 saturated carbocycles. The number of nitrogens with zero attached hydrogens (tertiary/aromatic N) is 1. The molecule has 5 heteroatoms. The van der Waals surface area contributed by atoms with Crippen LogP contribution in [0, 0.1) is 5.92 Å². The molecule has 0 bridgehead atoms. The van der Waals surface area contributed by atoms with Gasteiger partial charge in [-0.05, 0) is 18.8 Å². The summed E-state index contributed by atoms with van der Waals surface area (Å²) in [5.41, 5.74) is 0.305. The van der Waals surface area contributed by atoms with Gasteiger partial charge in [0, 0.05) is 13.2 Å². The van der Waals surface area contributed by atoms with E-state index in [0.29, 0.717) is 5.57 Å². The maximum atomic E-state index is 11.6. The van der Waals surface area contributed by atoms with Crippen LogP contribution in [0.3, 0.4) is 0 Å². The van der Waals surface area contributed by atoms with Crippen molar-refractivity contribution < 1.29 is 14.7 Å². The summed E-state index contributed by atoms with van der Waals surface area (Å²) < 4.78 is 0. The first kappa shape index (κ1) is 12.0. The van der Waals surface area contributed by atoms with E-state index in [9.17, 15) is 14.7 Å². The first-order valence-electron chi connectivity index (χ1n) is 6.08. The molecule has 1 unspecified atom stereocenters. The highest BCUT2D eigenvalue weighted by molar-refractivity contribution is 5.92. The van der Waals surface area contributed by atoms with Crippen LogP contribution in [-0.4, -0.2) is 35.1 Å². The second kappa shape index (κ2) is 4.77. The fourth-order valence-electron chi connectivity index (χ4n) is 2.69. The lowest BCUT2D eigenvalue weighted by Gasteiger charge is -2.35. The van der Waals surface area contributed by atoms with Crippen LogP contribution in [0.5, 0.6) is 0 Å². The van der Waals surface area contributed by atoms with Gasteiger partial charge in [0.15, 0.2) is 0 Å². The Bertz CT molecular complexity index is 359. The van der Waals surface area contributed by atoms with E-state index >= 15 is 0 Å². The van der Waals surface area contributed by atoms with Gasteiger partial charge in [-0.15, -0.1) is 0 Å². The van der Waals surface area contributed by atoms with Gasteiger partial charge < -0.3 is 15.3 Å². The standard InChI is InChI=1S/C12H18N2O3/c1-14-7-9(11(15)16)10(13-12(14)17)8-5-3-2-4-6-8/h7-8,10H,2-6H2,1H3,(H,13,17)(H,15,16). The predicted molar refractivity (Wildman–Crippen MR) is 62.4 cm³/mol. The lowest BCUT2D eigenvalue weighted by Crippen LogP contribution is -2.51. The number of nitrogens with one attached hydrogen (secondary N) is 1. The Kier molecular flexibility index (Phi) is 3.36. The van der Waals surface area contributed by atoms with Gasteiger partial charge in [0.1, 0.15) is 0 Å². The van der Waals surface area contributed by atoms with Crippen molar-refractivity contribution in [2.75, 3.05) is 7.05 Å². The van der Waals surface area contributed by atoms with E-state index in [1.807, 2.05) is 0 Å². The molecule has 2 amide bonds. The zero-order valence-corrected chi connectivity index (χ0v) is 9.98. The summed E-state index contributed by atoms with van der Waals surface area (Å²) in [5.74, 6) is -0.670. The molecule has 0 spiro atoms. The number of rotatable bonds is 2. The minimum atomic E-state index is -0.938. The zero-order valence-electron chi connectivity index (χ0n) is 9.98. The lowest BCUT2D eigenvalue weighted by atomic mass is 9.80. The van der Waals surface area contributed by atoms with Gasteiger partial charge in [0.05, 0.1) is 11.6 Å². The number of aliphatic carboxylic acids is 1. The highest BCUT2D eigenvalue weighted by atomic mass is 16.4. The van der Waals surface area contributed by atoms with Crippen molar-refractivity contribution in [1.29, 1.82) is 0 Å². The van der Waals surface area contributed by atoms with Crippen LogP contribution in [0.25, 0.3) is 0 Å². The van der Waals surface area contributed by atoms with Crippen LogP contribution in [0.2, 0.25) is 0 Å². The van der Waals surface area contributed by atoms with E-state index in [0.717, 1.165) is 25.7 Å². The van der Waals surface area contributed by atoms with E-state index in [-0.39, 0.29) is 18.0 Å². The van der Waals surface area contributed by atoms with Crippen LogP contribution < -0.4 is 5.32 Å². The molecule has 1 aliphatic heterocycles. The van der Waals surface area contributed by atoms with E-state index in [4.69, 9.17) is 0 Å². The molecule has 2 aliphatic rings. The molecule has 0 saturated heterocycles. The van der Waals surface area contributed by atoms with Gasteiger partial charge in [-0.1, -0.05) is 19.3 Å². The number of hydrogen-bond donors (Lipinski definition) is 2. The fourth-order valence-corrected chi connectivity index (χ4v) is 2.69. The van der Waals surface area contributed by atoms with Crippen LogP contribution in [0.15, 0.2) is 11.8 Å². The van der Waals surface area contributed by atoms with Gasteiger partial charge in [0.25, 0.3) is 0 Å². The normalized spacial score (nSPS) is 26.4. The monoisotopic (exact) mass is 238 g/mol. The van der Waals surface area contributed by atoms with Crippen molar-refractivity contribution in [1.82, 2.24) is 10.2 Å². The molecular weight excluding hydrogens is 220 g/mol. The molecule has 17 heavy (non-hydrogen) atoms. The Labute approximate surface area is 100 Å². The second-order valence-electron chi connectivity index (χ2n) is 4.83. The van der Waals surface area contributed by atoms with Gasteiger partial charge in [-0.2, -0.15) is 0 Å². The number of carboxylic acid groups (broad SMARTS) is 1. The summed E-state index contributed by atoms with van der Waals surface area (Å²) in [6.07, 6.45) is 6.90. The Balaban J connectivity index is 2.21. The number of carbonyl (C=O) groups excluding carboxylic acids is 1. The first-order valence-corrected chi connectivity index (χ1v) is 6.08. The number of amides is 2. The highest BCUT2D eigenvalue weighted by Crippen LogP contribution is 2.30. The maximum absolute atomic E-state index is 11.6. The number of carboxylic acids is 1. The Morgan fingerprint density at radius 3 is 2.65 bits per heavy atom. The molecule has 2 N–H and O–H groups in total. The number of hydrogen-bond acceptors (Lipinski definition) is 2. The first-order chi connectivity index (χ1) is 8.09. The quantitative estimate of drug-likeness (QED) is 0.767. The third-order valence-corrected chi connectivity index (χ3v) is 3.64. The third-order valence-electron chi connectivity index (χ3n) is 3.64. The zero-order chi connectivity index (χ0) is 12.4. The van der Waals surface area contributed by atoms with Crippen molar-refractivity contribution in [3.63, 3.8) is 0 Å². The Morgan fingerprint density at radius 1 is 1.41 bits per heavy atom.